The molecular weight excluding hydrogens is 320 g/mol. The predicted octanol–water partition coefficient (Wildman–Crippen LogP) is 0.199. The number of methoxy groups -OCH3 is 1. The van der Waals surface area contributed by atoms with Crippen LogP contribution in [0.1, 0.15) is 58.3 Å². The van der Waals surface area contributed by atoms with Gasteiger partial charge in [0.2, 0.25) is 0 Å². The predicted molar refractivity (Wildman–Crippen MR) is 85.2 cm³/mol. The Morgan fingerprint density at radius 1 is 1.00 bits per heavy atom. The molecule has 4 unspecified atom stereocenters. The number of hydrogen-bond acceptors (Lipinski definition) is 7. The molecule has 8 heteroatoms. The molecule has 5 N–H and O–H groups in total. The third-order valence-electron chi connectivity index (χ3n) is 4.07. The van der Waals surface area contributed by atoms with Crippen LogP contribution in [0.15, 0.2) is 0 Å². The van der Waals surface area contributed by atoms with Gasteiger partial charge in [-0.3, -0.25) is 0 Å². The SMILES string of the molecule is CCCCCCCCC(O)C(O)CC(O)C(O)(C(=O)O)C(=O)OC. The first-order chi connectivity index (χ1) is 11.2. The normalized spacial score (nSPS) is 17.6. The zero-order valence-corrected chi connectivity index (χ0v) is 14.3. The molecule has 0 amide bonds. The smallest absolute Gasteiger partial charge is 0.352 e. The average Bonchev–Trinajstić information content (AvgIpc) is 2.55. The van der Waals surface area contributed by atoms with E-state index in [9.17, 15) is 30.0 Å². The monoisotopic (exact) mass is 350 g/mol. The molecule has 0 bridgehead atoms. The van der Waals surface area contributed by atoms with Crippen molar-refractivity contribution in [2.24, 2.45) is 0 Å². The van der Waals surface area contributed by atoms with Crippen LogP contribution in [0, 0.1) is 0 Å². The summed E-state index contributed by atoms with van der Waals surface area (Å²) in [6, 6.07) is 0. The molecule has 142 valence electrons. The van der Waals surface area contributed by atoms with Crippen LogP contribution >= 0.6 is 0 Å². The molecule has 0 spiro atoms. The second-order valence-corrected chi connectivity index (χ2v) is 6.01. The topological polar surface area (TPSA) is 145 Å². The van der Waals surface area contributed by atoms with Gasteiger partial charge in [-0.25, -0.2) is 9.59 Å². The van der Waals surface area contributed by atoms with E-state index in [-0.39, 0.29) is 6.42 Å². The molecule has 8 nitrogen and oxygen atoms in total. The van der Waals surface area contributed by atoms with Crippen LogP contribution in [0.25, 0.3) is 0 Å². The fraction of sp³-hybridized carbons (Fsp3) is 0.875. The standard InChI is InChI=1S/C16H30O8/c1-3-4-5-6-7-8-9-11(17)12(18)10-13(19)16(23,14(20)21)15(22)24-2/h11-13,17-19,23H,3-10H2,1-2H3,(H,20,21). The molecule has 0 aliphatic rings. The van der Waals surface area contributed by atoms with Crippen LogP contribution in [0.2, 0.25) is 0 Å². The summed E-state index contributed by atoms with van der Waals surface area (Å²) in [5, 5.41) is 48.3. The quantitative estimate of drug-likeness (QED) is 0.180. The van der Waals surface area contributed by atoms with Crippen molar-refractivity contribution < 1.29 is 39.9 Å². The molecule has 0 saturated heterocycles. The summed E-state index contributed by atoms with van der Waals surface area (Å²) < 4.78 is 4.18. The molecule has 0 aromatic carbocycles. The number of aliphatic hydroxyl groups is 4. The van der Waals surface area contributed by atoms with E-state index in [0.717, 1.165) is 39.2 Å². The number of carbonyl (C=O) groups is 2. The van der Waals surface area contributed by atoms with E-state index in [4.69, 9.17) is 5.11 Å². The first-order valence-electron chi connectivity index (χ1n) is 8.30. The summed E-state index contributed by atoms with van der Waals surface area (Å²) in [4.78, 5) is 22.5. The molecule has 0 radical (unpaired) electrons. The molecule has 0 saturated carbocycles. The molecule has 0 aliphatic carbocycles. The van der Waals surface area contributed by atoms with Gasteiger partial charge in [-0.05, 0) is 6.42 Å². The Morgan fingerprint density at radius 3 is 2.04 bits per heavy atom. The van der Waals surface area contributed by atoms with Gasteiger partial charge in [0, 0.05) is 6.42 Å². The van der Waals surface area contributed by atoms with Gasteiger partial charge in [-0.2, -0.15) is 0 Å². The zero-order chi connectivity index (χ0) is 18.8. The van der Waals surface area contributed by atoms with Gasteiger partial charge >= 0.3 is 11.9 Å². The second-order valence-electron chi connectivity index (χ2n) is 6.01. The maximum absolute atomic E-state index is 11.4. The van der Waals surface area contributed by atoms with Crippen LogP contribution < -0.4 is 0 Å². The minimum Gasteiger partial charge on any atom is -0.479 e. The molecule has 4 atom stereocenters. The summed E-state index contributed by atoms with van der Waals surface area (Å²) in [5.41, 5.74) is -3.18. The largest absolute Gasteiger partial charge is 0.479 e. The van der Waals surface area contributed by atoms with Crippen LogP contribution in [0.3, 0.4) is 0 Å². The van der Waals surface area contributed by atoms with Gasteiger partial charge in [-0.1, -0.05) is 45.4 Å². The molecule has 0 rings (SSSR count). The van der Waals surface area contributed by atoms with Crippen molar-refractivity contribution in [1.82, 2.24) is 0 Å². The minimum atomic E-state index is -3.18. The van der Waals surface area contributed by atoms with Crippen molar-refractivity contribution >= 4 is 11.9 Å². The first-order valence-corrected chi connectivity index (χ1v) is 8.30. The Bertz CT molecular complexity index is 386. The highest BCUT2D eigenvalue weighted by Crippen LogP contribution is 2.20. The third kappa shape index (κ3) is 6.72. The number of ether oxygens (including phenoxy) is 1. The van der Waals surface area contributed by atoms with E-state index in [1.807, 2.05) is 0 Å². The highest BCUT2D eigenvalue weighted by molar-refractivity contribution is 6.03. The number of aliphatic hydroxyl groups excluding tert-OH is 3. The maximum Gasteiger partial charge on any atom is 0.352 e. The summed E-state index contributed by atoms with van der Waals surface area (Å²) in [5.74, 6) is -3.53. The summed E-state index contributed by atoms with van der Waals surface area (Å²) >= 11 is 0. The molecule has 24 heavy (non-hydrogen) atoms. The number of rotatable bonds is 13. The molecule has 0 aromatic rings. The second kappa shape index (κ2) is 11.4. The van der Waals surface area contributed by atoms with Crippen molar-refractivity contribution in [3.63, 3.8) is 0 Å². The van der Waals surface area contributed by atoms with Crippen LogP contribution in [-0.4, -0.2) is 68.5 Å². The lowest BCUT2D eigenvalue weighted by Gasteiger charge is -2.28. The van der Waals surface area contributed by atoms with Gasteiger partial charge in [0.1, 0.15) is 6.10 Å². The molecule has 0 fully saturated rings. The van der Waals surface area contributed by atoms with Gasteiger partial charge in [0.15, 0.2) is 0 Å². The number of carboxylic acids is 1. The molecule has 0 heterocycles. The van der Waals surface area contributed by atoms with Crippen molar-refractivity contribution in [2.45, 2.75) is 82.2 Å². The summed E-state index contributed by atoms with van der Waals surface area (Å²) in [6.07, 6.45) is 0.845. The van der Waals surface area contributed by atoms with Crippen molar-refractivity contribution in [3.8, 4) is 0 Å². The van der Waals surface area contributed by atoms with E-state index >= 15 is 0 Å². The Kier molecular flexibility index (Phi) is 10.8. The van der Waals surface area contributed by atoms with Gasteiger partial charge < -0.3 is 30.3 Å². The number of carbonyl (C=O) groups excluding carboxylic acids is 1. The van der Waals surface area contributed by atoms with Gasteiger partial charge in [0.25, 0.3) is 5.60 Å². The summed E-state index contributed by atoms with van der Waals surface area (Å²) in [6.45, 7) is 2.11. The third-order valence-corrected chi connectivity index (χ3v) is 4.07. The lowest BCUT2D eigenvalue weighted by Crippen LogP contribution is -2.57. The van der Waals surface area contributed by atoms with E-state index in [1.54, 1.807) is 0 Å². The Labute approximate surface area is 142 Å². The first kappa shape index (κ1) is 22.8. The number of unbranched alkanes of at least 4 members (excludes halogenated alkanes) is 5. The van der Waals surface area contributed by atoms with Crippen LogP contribution in [0.4, 0.5) is 0 Å². The summed E-state index contributed by atoms with van der Waals surface area (Å²) in [7, 11) is 0.868. The zero-order valence-electron chi connectivity index (χ0n) is 14.3. The van der Waals surface area contributed by atoms with Crippen LogP contribution in [0.5, 0.6) is 0 Å². The number of hydrogen-bond donors (Lipinski definition) is 5. The lowest BCUT2D eigenvalue weighted by molar-refractivity contribution is -0.193. The minimum absolute atomic E-state index is 0.281. The molecular formula is C16H30O8. The Hall–Kier alpha value is -1.22. The average molecular weight is 350 g/mol. The van der Waals surface area contributed by atoms with Crippen LogP contribution in [-0.2, 0) is 14.3 Å². The van der Waals surface area contributed by atoms with Crippen molar-refractivity contribution in [1.29, 1.82) is 0 Å². The lowest BCUT2D eigenvalue weighted by atomic mass is 9.90. The fourth-order valence-electron chi connectivity index (χ4n) is 2.40. The van der Waals surface area contributed by atoms with E-state index in [1.165, 1.54) is 0 Å². The maximum atomic E-state index is 11.4. The van der Waals surface area contributed by atoms with E-state index in [0.29, 0.717) is 6.42 Å². The number of aliphatic carboxylic acids is 1. The van der Waals surface area contributed by atoms with E-state index in [2.05, 4.69) is 11.7 Å². The number of esters is 1. The highest BCUT2D eigenvalue weighted by Gasteiger charge is 2.53. The van der Waals surface area contributed by atoms with Crippen molar-refractivity contribution in [2.75, 3.05) is 7.11 Å². The fourth-order valence-corrected chi connectivity index (χ4v) is 2.40. The van der Waals surface area contributed by atoms with Gasteiger partial charge in [-0.15, -0.1) is 0 Å². The molecule has 0 aliphatic heterocycles. The number of carboxylic acid groups (broad SMARTS) is 1. The highest BCUT2D eigenvalue weighted by atomic mass is 16.6. The van der Waals surface area contributed by atoms with Gasteiger partial charge in [0.05, 0.1) is 19.3 Å². The Balaban J connectivity index is 4.43. The Morgan fingerprint density at radius 2 is 1.54 bits per heavy atom. The van der Waals surface area contributed by atoms with E-state index < -0.39 is 42.3 Å². The molecule has 0 aromatic heterocycles. The van der Waals surface area contributed by atoms with Crippen molar-refractivity contribution in [3.05, 3.63) is 0 Å².